The number of rotatable bonds is 8. The highest BCUT2D eigenvalue weighted by molar-refractivity contribution is 7.92. The van der Waals surface area contributed by atoms with Crippen LogP contribution in [0.3, 0.4) is 0 Å². The maximum Gasteiger partial charge on any atom is 0.241 e. The first-order valence-corrected chi connectivity index (χ1v) is 9.95. The lowest BCUT2D eigenvalue weighted by atomic mass is 9.79. The normalized spacial score (nSPS) is 18.9. The van der Waals surface area contributed by atoms with Crippen molar-refractivity contribution in [3.8, 4) is 0 Å². The van der Waals surface area contributed by atoms with Gasteiger partial charge in [-0.2, -0.15) is 0 Å². The van der Waals surface area contributed by atoms with Crippen LogP contribution in [-0.4, -0.2) is 56.7 Å². The van der Waals surface area contributed by atoms with Crippen LogP contribution < -0.4 is 10.6 Å². The molecule has 0 bridgehead atoms. The maximum absolute atomic E-state index is 12.7. The Morgan fingerprint density at radius 2 is 1.82 bits per heavy atom. The second-order valence-electron chi connectivity index (χ2n) is 6.38. The minimum Gasteiger partial charge on any atom is -0.396 e. The van der Waals surface area contributed by atoms with Crippen molar-refractivity contribution in [1.82, 2.24) is 10.6 Å². The lowest BCUT2D eigenvalue weighted by Gasteiger charge is -2.37. The fraction of sp³-hybridized carbons (Fsp3) is 0.933. The van der Waals surface area contributed by atoms with Gasteiger partial charge in [0.2, 0.25) is 5.91 Å². The summed E-state index contributed by atoms with van der Waals surface area (Å²) in [6.45, 7) is 5.60. The average Bonchev–Trinajstić information content (AvgIpc) is 2.51. The highest BCUT2D eigenvalue weighted by atomic mass is 32.2. The van der Waals surface area contributed by atoms with Crippen LogP contribution in [0, 0.1) is 5.41 Å². The summed E-state index contributed by atoms with van der Waals surface area (Å²) in [5.41, 5.74) is -0.171. The van der Waals surface area contributed by atoms with Crippen molar-refractivity contribution in [2.45, 2.75) is 50.7 Å². The fourth-order valence-corrected chi connectivity index (χ4v) is 4.56. The Morgan fingerprint density at radius 1 is 1.27 bits per heavy atom. The Kier molecular flexibility index (Phi) is 6.83. The molecule has 7 heteroatoms. The van der Waals surface area contributed by atoms with Gasteiger partial charge in [-0.3, -0.25) is 4.79 Å². The Hall–Kier alpha value is -0.660. The molecule has 1 saturated heterocycles. The van der Waals surface area contributed by atoms with Gasteiger partial charge in [0, 0.05) is 19.4 Å². The monoisotopic (exact) mass is 334 g/mol. The van der Waals surface area contributed by atoms with Gasteiger partial charge in [-0.25, -0.2) is 8.42 Å². The molecule has 0 atom stereocenters. The quantitative estimate of drug-likeness (QED) is 0.599. The zero-order valence-corrected chi connectivity index (χ0v) is 14.8. The molecule has 1 rings (SSSR count). The van der Waals surface area contributed by atoms with E-state index in [1.807, 2.05) is 13.8 Å². The molecular formula is C15H30N2O4S. The number of amides is 1. The molecule has 3 N–H and O–H groups in total. The van der Waals surface area contributed by atoms with Crippen LogP contribution in [0.15, 0.2) is 0 Å². The number of carbonyl (C=O) groups is 1. The Morgan fingerprint density at radius 3 is 2.23 bits per heavy atom. The van der Waals surface area contributed by atoms with E-state index in [1.165, 1.54) is 0 Å². The number of aliphatic hydroxyl groups is 1. The third kappa shape index (κ3) is 4.00. The third-order valence-electron chi connectivity index (χ3n) is 5.30. The summed E-state index contributed by atoms with van der Waals surface area (Å²) in [5.74, 6) is -0.388. The fourth-order valence-electron chi connectivity index (χ4n) is 3.20. The SMILES string of the molecule is CCC(CC)(CCO)CNC(=O)C1(S(C)(=O)=O)CCNCC1. The van der Waals surface area contributed by atoms with Crippen LogP contribution in [0.5, 0.6) is 0 Å². The number of carbonyl (C=O) groups excluding carboxylic acids is 1. The van der Waals surface area contributed by atoms with Gasteiger partial charge >= 0.3 is 0 Å². The van der Waals surface area contributed by atoms with Crippen LogP contribution in [0.4, 0.5) is 0 Å². The smallest absolute Gasteiger partial charge is 0.241 e. The second kappa shape index (κ2) is 7.75. The number of piperidine rings is 1. The Bertz CT molecular complexity index is 466. The second-order valence-corrected chi connectivity index (χ2v) is 8.71. The average molecular weight is 334 g/mol. The summed E-state index contributed by atoms with van der Waals surface area (Å²) in [5, 5.41) is 15.2. The standard InChI is InChI=1S/C15H30N2O4S/c1-4-14(5-2,8-11-18)12-17-13(19)15(22(3,20)21)6-9-16-10-7-15/h16,18H,4-12H2,1-3H3,(H,17,19). The molecule has 0 spiro atoms. The van der Waals surface area contributed by atoms with Crippen LogP contribution in [0.2, 0.25) is 0 Å². The molecule has 0 aromatic carbocycles. The van der Waals surface area contributed by atoms with Crippen molar-refractivity contribution in [2.24, 2.45) is 5.41 Å². The Balaban J connectivity index is 2.89. The van der Waals surface area contributed by atoms with E-state index in [-0.39, 0.29) is 17.9 Å². The zero-order chi connectivity index (χ0) is 16.9. The van der Waals surface area contributed by atoms with Crippen LogP contribution in [0.1, 0.15) is 46.0 Å². The molecule has 0 saturated carbocycles. The molecular weight excluding hydrogens is 304 g/mol. The summed E-state index contributed by atoms with van der Waals surface area (Å²) in [6, 6.07) is 0. The summed E-state index contributed by atoms with van der Waals surface area (Å²) < 4.78 is 23.1. The van der Waals surface area contributed by atoms with E-state index in [1.54, 1.807) is 0 Å². The van der Waals surface area contributed by atoms with E-state index in [2.05, 4.69) is 10.6 Å². The summed E-state index contributed by atoms with van der Waals surface area (Å²) in [6.07, 6.45) is 4.04. The number of hydrogen-bond donors (Lipinski definition) is 3. The van der Waals surface area contributed by atoms with Gasteiger partial charge in [-0.05, 0) is 50.6 Å². The van der Waals surface area contributed by atoms with E-state index < -0.39 is 14.6 Å². The third-order valence-corrected chi connectivity index (χ3v) is 7.31. The highest BCUT2D eigenvalue weighted by Crippen LogP contribution is 2.31. The van der Waals surface area contributed by atoms with Crippen LogP contribution >= 0.6 is 0 Å². The first-order chi connectivity index (χ1) is 10.3. The van der Waals surface area contributed by atoms with Gasteiger partial charge in [-0.15, -0.1) is 0 Å². The number of sulfone groups is 1. The lowest BCUT2D eigenvalue weighted by molar-refractivity contribution is -0.125. The van der Waals surface area contributed by atoms with Gasteiger partial charge in [0.05, 0.1) is 0 Å². The molecule has 1 aliphatic rings. The van der Waals surface area contributed by atoms with Crippen molar-refractivity contribution in [3.63, 3.8) is 0 Å². The molecule has 0 aromatic heterocycles. The summed E-state index contributed by atoms with van der Waals surface area (Å²) >= 11 is 0. The molecule has 130 valence electrons. The number of hydrogen-bond acceptors (Lipinski definition) is 5. The highest BCUT2D eigenvalue weighted by Gasteiger charge is 2.48. The number of aliphatic hydroxyl groups excluding tert-OH is 1. The molecule has 6 nitrogen and oxygen atoms in total. The van der Waals surface area contributed by atoms with Crippen molar-refractivity contribution in [3.05, 3.63) is 0 Å². The predicted molar refractivity (Wildman–Crippen MR) is 87.4 cm³/mol. The van der Waals surface area contributed by atoms with E-state index in [9.17, 15) is 18.3 Å². The lowest BCUT2D eigenvalue weighted by Crippen LogP contribution is -2.58. The van der Waals surface area contributed by atoms with Crippen molar-refractivity contribution >= 4 is 15.7 Å². The topological polar surface area (TPSA) is 95.5 Å². The van der Waals surface area contributed by atoms with E-state index >= 15 is 0 Å². The molecule has 1 amide bonds. The van der Waals surface area contributed by atoms with Gasteiger partial charge in [0.1, 0.15) is 0 Å². The van der Waals surface area contributed by atoms with Gasteiger partial charge in [-0.1, -0.05) is 13.8 Å². The van der Waals surface area contributed by atoms with Gasteiger partial charge < -0.3 is 15.7 Å². The minimum absolute atomic E-state index is 0.0681. The molecule has 1 fully saturated rings. The number of nitrogens with one attached hydrogen (secondary N) is 2. The van der Waals surface area contributed by atoms with Crippen molar-refractivity contribution in [2.75, 3.05) is 32.5 Å². The molecule has 0 aliphatic carbocycles. The van der Waals surface area contributed by atoms with Gasteiger partial charge in [0.15, 0.2) is 14.6 Å². The van der Waals surface area contributed by atoms with Crippen molar-refractivity contribution < 1.29 is 18.3 Å². The maximum atomic E-state index is 12.7. The Labute approximate surface area is 134 Å². The van der Waals surface area contributed by atoms with Crippen molar-refractivity contribution in [1.29, 1.82) is 0 Å². The van der Waals surface area contributed by atoms with E-state index in [0.717, 1.165) is 19.1 Å². The van der Waals surface area contributed by atoms with Crippen LogP contribution in [-0.2, 0) is 14.6 Å². The largest absolute Gasteiger partial charge is 0.396 e. The summed E-state index contributed by atoms with van der Waals surface area (Å²) in [7, 11) is -3.48. The molecule has 1 aliphatic heterocycles. The van der Waals surface area contributed by atoms with Gasteiger partial charge in [0.25, 0.3) is 0 Å². The minimum atomic E-state index is -3.48. The molecule has 1 heterocycles. The first kappa shape index (κ1) is 19.4. The van der Waals surface area contributed by atoms with Crippen LogP contribution in [0.25, 0.3) is 0 Å². The molecule has 0 radical (unpaired) electrons. The molecule has 22 heavy (non-hydrogen) atoms. The molecule has 0 aromatic rings. The van der Waals surface area contributed by atoms with E-state index in [0.29, 0.717) is 38.9 Å². The summed E-state index contributed by atoms with van der Waals surface area (Å²) in [4.78, 5) is 12.7. The zero-order valence-electron chi connectivity index (χ0n) is 13.9. The first-order valence-electron chi connectivity index (χ1n) is 8.06. The molecule has 0 unspecified atom stereocenters. The van der Waals surface area contributed by atoms with E-state index in [4.69, 9.17) is 0 Å². The predicted octanol–water partition coefficient (Wildman–Crippen LogP) is 0.458.